The van der Waals surface area contributed by atoms with Crippen molar-refractivity contribution in [2.24, 2.45) is 5.92 Å². The van der Waals surface area contributed by atoms with Gasteiger partial charge in [0.05, 0.1) is 22.3 Å². The Hall–Kier alpha value is -2.57. The number of aromatic nitrogens is 3. The Morgan fingerprint density at radius 1 is 1.17 bits per heavy atom. The molecule has 8 heteroatoms. The molecule has 3 rings (SSSR count). The molecule has 0 saturated heterocycles. The highest BCUT2D eigenvalue weighted by Gasteiger charge is 2.17. The van der Waals surface area contributed by atoms with Gasteiger partial charge in [0.25, 0.3) is 0 Å². The van der Waals surface area contributed by atoms with Crippen LogP contribution in [0.15, 0.2) is 42.5 Å². The summed E-state index contributed by atoms with van der Waals surface area (Å²) in [5.74, 6) is 0.829. The minimum atomic E-state index is -0.0635. The van der Waals surface area contributed by atoms with Gasteiger partial charge in [0, 0.05) is 17.7 Å². The monoisotopic (exact) mass is 432 g/mol. The molecule has 6 nitrogen and oxygen atoms in total. The van der Waals surface area contributed by atoms with Gasteiger partial charge in [-0.15, -0.1) is 5.10 Å². The molecule has 0 unspecified atom stereocenters. The van der Waals surface area contributed by atoms with Crippen LogP contribution in [0.4, 0.5) is 5.69 Å². The summed E-state index contributed by atoms with van der Waals surface area (Å²) in [6.07, 6.45) is 0.398. The summed E-state index contributed by atoms with van der Waals surface area (Å²) in [5, 5.41) is 8.25. The first-order chi connectivity index (χ1) is 13.9. The van der Waals surface area contributed by atoms with Crippen molar-refractivity contribution in [3.05, 3.63) is 52.5 Å². The van der Waals surface area contributed by atoms with Crippen molar-refractivity contribution in [2.75, 3.05) is 11.9 Å². The number of rotatable bonds is 7. The normalized spacial score (nSPS) is 11.0. The van der Waals surface area contributed by atoms with E-state index in [0.717, 1.165) is 11.3 Å². The highest BCUT2D eigenvalue weighted by atomic mass is 35.5. The Bertz CT molecular complexity index is 1020. The second-order valence-electron chi connectivity index (χ2n) is 6.92. The van der Waals surface area contributed by atoms with Gasteiger partial charge in [0.2, 0.25) is 5.91 Å². The highest BCUT2D eigenvalue weighted by Crippen LogP contribution is 2.30. The lowest BCUT2D eigenvalue weighted by molar-refractivity contribution is -0.115. The van der Waals surface area contributed by atoms with E-state index in [2.05, 4.69) is 29.2 Å². The maximum atomic E-state index is 11.7. The van der Waals surface area contributed by atoms with E-state index < -0.39 is 0 Å². The fraction of sp³-hybridized carbons (Fsp3) is 0.286. The quantitative estimate of drug-likeness (QED) is 0.525. The summed E-state index contributed by atoms with van der Waals surface area (Å²) in [4.78, 5) is 16.3. The molecular formula is C21H22Cl2N4O2. The second kappa shape index (κ2) is 9.29. The van der Waals surface area contributed by atoms with Gasteiger partial charge in [-0.1, -0.05) is 50.0 Å². The van der Waals surface area contributed by atoms with Crippen LogP contribution in [0.2, 0.25) is 10.0 Å². The van der Waals surface area contributed by atoms with Gasteiger partial charge in [0.15, 0.2) is 5.82 Å². The summed E-state index contributed by atoms with van der Waals surface area (Å²) < 4.78 is 7.39. The summed E-state index contributed by atoms with van der Waals surface area (Å²) in [6.45, 7) is 6.41. The molecule has 2 aromatic carbocycles. The maximum absolute atomic E-state index is 11.7. The van der Waals surface area contributed by atoms with Gasteiger partial charge < -0.3 is 10.1 Å². The van der Waals surface area contributed by atoms with Gasteiger partial charge in [0.1, 0.15) is 0 Å². The first-order valence-corrected chi connectivity index (χ1v) is 10.1. The van der Waals surface area contributed by atoms with Crippen LogP contribution in [0.5, 0.6) is 6.01 Å². The standard InChI is InChI=1S/C21H22Cl2N4O2/c1-4-19(28)24-15-6-5-7-16(11-15)27-20(14-8-9-17(22)18(23)10-14)25-21(26-27)29-12-13(2)3/h5-11,13H,4,12H2,1-3H3,(H,24,28). The average Bonchev–Trinajstić information content (AvgIpc) is 3.13. The molecular weight excluding hydrogens is 411 g/mol. The molecule has 0 aliphatic heterocycles. The first kappa shape index (κ1) is 21.1. The number of ether oxygens (including phenoxy) is 1. The van der Waals surface area contributed by atoms with Crippen molar-refractivity contribution < 1.29 is 9.53 Å². The predicted octanol–water partition coefficient (Wildman–Crippen LogP) is 5.62. The molecule has 0 aliphatic rings. The number of nitrogens with zero attached hydrogens (tertiary/aromatic N) is 3. The third-order valence-electron chi connectivity index (χ3n) is 4.01. The van der Waals surface area contributed by atoms with E-state index in [-0.39, 0.29) is 11.9 Å². The lowest BCUT2D eigenvalue weighted by atomic mass is 10.2. The van der Waals surface area contributed by atoms with E-state index in [0.29, 0.717) is 40.5 Å². The minimum Gasteiger partial charge on any atom is -0.462 e. The summed E-state index contributed by atoms with van der Waals surface area (Å²) >= 11 is 12.3. The van der Waals surface area contributed by atoms with E-state index in [1.54, 1.807) is 23.7 Å². The maximum Gasteiger partial charge on any atom is 0.336 e. The third kappa shape index (κ3) is 5.28. The number of benzene rings is 2. The zero-order valence-electron chi connectivity index (χ0n) is 16.4. The Morgan fingerprint density at radius 2 is 1.97 bits per heavy atom. The molecule has 1 heterocycles. The van der Waals surface area contributed by atoms with E-state index in [1.807, 2.05) is 30.3 Å². The van der Waals surface area contributed by atoms with Crippen LogP contribution < -0.4 is 10.1 Å². The lowest BCUT2D eigenvalue weighted by Gasteiger charge is -2.09. The molecule has 1 aromatic heterocycles. The fourth-order valence-corrected chi connectivity index (χ4v) is 2.86. The molecule has 1 N–H and O–H groups in total. The van der Waals surface area contributed by atoms with Crippen LogP contribution in [0, 0.1) is 5.92 Å². The van der Waals surface area contributed by atoms with Crippen molar-refractivity contribution in [3.8, 4) is 23.1 Å². The van der Waals surface area contributed by atoms with Crippen LogP contribution in [0.25, 0.3) is 17.1 Å². The largest absolute Gasteiger partial charge is 0.462 e. The molecule has 3 aromatic rings. The van der Waals surface area contributed by atoms with Crippen molar-refractivity contribution in [3.63, 3.8) is 0 Å². The molecule has 29 heavy (non-hydrogen) atoms. The predicted molar refractivity (Wildman–Crippen MR) is 116 cm³/mol. The topological polar surface area (TPSA) is 69.0 Å². The SMILES string of the molecule is CCC(=O)Nc1cccc(-n2nc(OCC(C)C)nc2-c2ccc(Cl)c(Cl)c2)c1. The van der Waals surface area contributed by atoms with Gasteiger partial charge >= 0.3 is 6.01 Å². The molecule has 0 fully saturated rings. The molecule has 0 atom stereocenters. The van der Waals surface area contributed by atoms with E-state index in [4.69, 9.17) is 27.9 Å². The Kier molecular flexibility index (Phi) is 6.77. The van der Waals surface area contributed by atoms with Crippen molar-refractivity contribution in [1.29, 1.82) is 0 Å². The number of nitrogens with one attached hydrogen (secondary N) is 1. The number of amides is 1. The fourth-order valence-electron chi connectivity index (χ4n) is 2.56. The van der Waals surface area contributed by atoms with Crippen LogP contribution in [-0.4, -0.2) is 27.3 Å². The zero-order chi connectivity index (χ0) is 21.0. The molecule has 0 radical (unpaired) electrons. The summed E-state index contributed by atoms with van der Waals surface area (Å²) in [5.41, 5.74) is 2.15. The van der Waals surface area contributed by atoms with Crippen LogP contribution in [0.3, 0.4) is 0 Å². The number of halogens is 2. The molecule has 0 spiro atoms. The first-order valence-electron chi connectivity index (χ1n) is 9.33. The van der Waals surface area contributed by atoms with Crippen molar-refractivity contribution in [1.82, 2.24) is 14.8 Å². The summed E-state index contributed by atoms with van der Waals surface area (Å²) in [7, 11) is 0. The van der Waals surface area contributed by atoms with E-state index in [1.165, 1.54) is 0 Å². The van der Waals surface area contributed by atoms with Gasteiger partial charge in [-0.3, -0.25) is 4.79 Å². The molecule has 152 valence electrons. The molecule has 1 amide bonds. The molecule has 0 aliphatic carbocycles. The number of hydrogen-bond donors (Lipinski definition) is 1. The summed E-state index contributed by atoms with van der Waals surface area (Å²) in [6, 6.07) is 12.9. The lowest BCUT2D eigenvalue weighted by Crippen LogP contribution is -2.10. The van der Waals surface area contributed by atoms with Crippen LogP contribution in [-0.2, 0) is 4.79 Å². The Morgan fingerprint density at radius 3 is 2.66 bits per heavy atom. The number of carbonyl (C=O) groups is 1. The van der Waals surface area contributed by atoms with Gasteiger partial charge in [-0.05, 0) is 42.3 Å². The zero-order valence-corrected chi connectivity index (χ0v) is 18.0. The third-order valence-corrected chi connectivity index (χ3v) is 4.75. The van der Waals surface area contributed by atoms with Crippen molar-refractivity contribution >= 4 is 34.8 Å². The Balaban J connectivity index is 2.05. The van der Waals surface area contributed by atoms with Crippen molar-refractivity contribution in [2.45, 2.75) is 27.2 Å². The average molecular weight is 433 g/mol. The second-order valence-corrected chi connectivity index (χ2v) is 7.73. The van der Waals surface area contributed by atoms with Gasteiger partial charge in [-0.2, -0.15) is 4.98 Å². The molecule has 0 bridgehead atoms. The van der Waals surface area contributed by atoms with E-state index in [9.17, 15) is 4.79 Å². The number of carbonyl (C=O) groups excluding carboxylic acids is 1. The van der Waals surface area contributed by atoms with Crippen LogP contribution in [0.1, 0.15) is 27.2 Å². The van der Waals surface area contributed by atoms with Crippen LogP contribution >= 0.6 is 23.2 Å². The highest BCUT2D eigenvalue weighted by molar-refractivity contribution is 6.42. The minimum absolute atomic E-state index is 0.0635. The molecule has 0 saturated carbocycles. The number of anilines is 1. The van der Waals surface area contributed by atoms with Gasteiger partial charge in [-0.25, -0.2) is 4.68 Å². The smallest absolute Gasteiger partial charge is 0.336 e. The van der Waals surface area contributed by atoms with E-state index >= 15 is 0 Å². The number of hydrogen-bond acceptors (Lipinski definition) is 4. The Labute approximate surface area is 179 Å².